The molecule has 0 heterocycles. The molecule has 0 atom stereocenters. The van der Waals surface area contributed by atoms with Gasteiger partial charge in [-0.15, -0.1) is 0 Å². The first-order chi connectivity index (χ1) is 5.95. The molecule has 78 valence electrons. The fourth-order valence-electron chi connectivity index (χ4n) is 0.595. The number of amides is 2. The number of urea groups is 1. The van der Waals surface area contributed by atoms with Crippen molar-refractivity contribution in [3.8, 4) is 0 Å². The monoisotopic (exact) mass is 210 g/mol. The number of carbonyl (C=O) groups excluding carboxylic acids is 1. The second-order valence-corrected chi connectivity index (χ2v) is 4.04. The molecule has 0 aliphatic heterocycles. The van der Waals surface area contributed by atoms with Gasteiger partial charge in [0.15, 0.2) is 0 Å². The molecule has 0 aliphatic rings. The summed E-state index contributed by atoms with van der Waals surface area (Å²) in [7, 11) is -3.98. The molecule has 0 unspecified atom stereocenters. The lowest BCUT2D eigenvalue weighted by atomic mass is 10.5. The molecule has 6 nitrogen and oxygen atoms in total. The fraction of sp³-hybridized carbons (Fsp3) is 0.833. The lowest BCUT2D eigenvalue weighted by molar-refractivity contribution is 0.241. The van der Waals surface area contributed by atoms with Crippen LogP contribution in [0.1, 0.15) is 13.3 Å². The summed E-state index contributed by atoms with van der Waals surface area (Å²) in [5.74, 6) is -0.466. The Labute approximate surface area is 77.5 Å². The SMILES string of the molecule is CCCNC(=O)NCCS(=O)(=O)O. The Bertz CT molecular complexity index is 249. The van der Waals surface area contributed by atoms with Gasteiger partial charge in [-0.3, -0.25) is 4.55 Å². The predicted octanol–water partition coefficient (Wildman–Crippen LogP) is -0.417. The van der Waals surface area contributed by atoms with Crippen LogP contribution in [0, 0.1) is 0 Å². The van der Waals surface area contributed by atoms with Gasteiger partial charge in [0.1, 0.15) is 0 Å². The maximum absolute atomic E-state index is 10.8. The van der Waals surface area contributed by atoms with Gasteiger partial charge in [0.05, 0.1) is 5.75 Å². The van der Waals surface area contributed by atoms with Crippen molar-refractivity contribution >= 4 is 16.1 Å². The van der Waals surface area contributed by atoms with Crippen LogP contribution in [0.4, 0.5) is 4.79 Å². The molecule has 0 radical (unpaired) electrons. The highest BCUT2D eigenvalue weighted by Gasteiger charge is 2.04. The Balaban J connectivity index is 3.49. The molecule has 0 aromatic rings. The van der Waals surface area contributed by atoms with Gasteiger partial charge in [0, 0.05) is 13.1 Å². The number of carbonyl (C=O) groups is 1. The van der Waals surface area contributed by atoms with Crippen LogP contribution in [0.5, 0.6) is 0 Å². The average Bonchev–Trinajstić information content (AvgIpc) is 1.98. The van der Waals surface area contributed by atoms with Gasteiger partial charge in [0.25, 0.3) is 10.1 Å². The second kappa shape index (κ2) is 5.76. The molecule has 0 bridgehead atoms. The van der Waals surface area contributed by atoms with Crippen LogP contribution in [0.2, 0.25) is 0 Å². The highest BCUT2D eigenvalue weighted by Crippen LogP contribution is 1.78. The number of rotatable bonds is 5. The molecule has 0 fully saturated rings. The molecular formula is C6H14N2O4S. The smallest absolute Gasteiger partial charge is 0.314 e. The van der Waals surface area contributed by atoms with Gasteiger partial charge in [-0.05, 0) is 6.42 Å². The molecule has 0 spiro atoms. The normalized spacial score (nSPS) is 10.9. The van der Waals surface area contributed by atoms with E-state index in [-0.39, 0.29) is 6.54 Å². The van der Waals surface area contributed by atoms with Crippen molar-refractivity contribution in [2.24, 2.45) is 0 Å². The molecule has 13 heavy (non-hydrogen) atoms. The average molecular weight is 210 g/mol. The minimum absolute atomic E-state index is 0.0889. The van der Waals surface area contributed by atoms with Gasteiger partial charge < -0.3 is 10.6 Å². The van der Waals surface area contributed by atoms with E-state index in [2.05, 4.69) is 10.6 Å². The maximum atomic E-state index is 10.8. The molecular weight excluding hydrogens is 196 g/mol. The van der Waals surface area contributed by atoms with Crippen LogP contribution >= 0.6 is 0 Å². The van der Waals surface area contributed by atoms with Gasteiger partial charge >= 0.3 is 6.03 Å². The van der Waals surface area contributed by atoms with Gasteiger partial charge in [0.2, 0.25) is 0 Å². The van der Waals surface area contributed by atoms with Crippen LogP contribution in [0.3, 0.4) is 0 Å². The molecule has 3 N–H and O–H groups in total. The van der Waals surface area contributed by atoms with Crippen LogP contribution < -0.4 is 10.6 Å². The Hall–Kier alpha value is -0.820. The van der Waals surface area contributed by atoms with E-state index in [1.54, 1.807) is 0 Å². The predicted molar refractivity (Wildman–Crippen MR) is 48.1 cm³/mol. The third-order valence-corrected chi connectivity index (χ3v) is 1.90. The van der Waals surface area contributed by atoms with Crippen molar-refractivity contribution in [2.45, 2.75) is 13.3 Å². The lowest BCUT2D eigenvalue weighted by Gasteiger charge is -2.04. The van der Waals surface area contributed by atoms with E-state index < -0.39 is 21.9 Å². The minimum Gasteiger partial charge on any atom is -0.338 e. The molecule has 7 heteroatoms. The Morgan fingerprint density at radius 2 is 1.85 bits per heavy atom. The summed E-state index contributed by atoms with van der Waals surface area (Å²) in [5.41, 5.74) is 0. The summed E-state index contributed by atoms with van der Waals surface area (Å²) in [4.78, 5) is 10.8. The van der Waals surface area contributed by atoms with E-state index in [4.69, 9.17) is 4.55 Å². The highest BCUT2D eigenvalue weighted by molar-refractivity contribution is 7.85. The number of hydrogen-bond acceptors (Lipinski definition) is 3. The van der Waals surface area contributed by atoms with Crippen molar-refractivity contribution in [2.75, 3.05) is 18.8 Å². The first kappa shape index (κ1) is 12.2. The van der Waals surface area contributed by atoms with E-state index in [1.807, 2.05) is 6.92 Å². The summed E-state index contributed by atoms with van der Waals surface area (Å²) >= 11 is 0. The Morgan fingerprint density at radius 1 is 1.31 bits per heavy atom. The van der Waals surface area contributed by atoms with Crippen molar-refractivity contribution in [3.63, 3.8) is 0 Å². The van der Waals surface area contributed by atoms with Crippen LogP contribution in [0.25, 0.3) is 0 Å². The summed E-state index contributed by atoms with van der Waals surface area (Å²) in [6.07, 6.45) is 0.811. The fourth-order valence-corrected chi connectivity index (χ4v) is 0.955. The van der Waals surface area contributed by atoms with E-state index in [0.29, 0.717) is 6.54 Å². The topological polar surface area (TPSA) is 95.5 Å². The summed E-state index contributed by atoms with van der Waals surface area (Å²) in [6.45, 7) is 2.35. The zero-order chi connectivity index (χ0) is 10.3. The van der Waals surface area contributed by atoms with Crippen LogP contribution in [-0.4, -0.2) is 37.8 Å². The van der Waals surface area contributed by atoms with E-state index in [1.165, 1.54) is 0 Å². The van der Waals surface area contributed by atoms with Crippen molar-refractivity contribution < 1.29 is 17.8 Å². The minimum atomic E-state index is -3.98. The number of hydrogen-bond donors (Lipinski definition) is 3. The van der Waals surface area contributed by atoms with Gasteiger partial charge in [-0.1, -0.05) is 6.92 Å². The Morgan fingerprint density at radius 3 is 2.31 bits per heavy atom. The van der Waals surface area contributed by atoms with Crippen molar-refractivity contribution in [1.29, 1.82) is 0 Å². The molecule has 2 amide bonds. The van der Waals surface area contributed by atoms with E-state index >= 15 is 0 Å². The molecule has 0 saturated carbocycles. The lowest BCUT2D eigenvalue weighted by Crippen LogP contribution is -2.38. The Kier molecular flexibility index (Phi) is 5.40. The van der Waals surface area contributed by atoms with Gasteiger partial charge in [-0.2, -0.15) is 8.42 Å². The zero-order valence-corrected chi connectivity index (χ0v) is 8.23. The quantitative estimate of drug-likeness (QED) is 0.537. The third kappa shape index (κ3) is 9.09. The highest BCUT2D eigenvalue weighted by atomic mass is 32.2. The molecule has 0 aromatic carbocycles. The number of nitrogens with one attached hydrogen (secondary N) is 2. The molecule has 0 saturated heterocycles. The van der Waals surface area contributed by atoms with Gasteiger partial charge in [-0.25, -0.2) is 4.79 Å². The van der Waals surface area contributed by atoms with E-state index in [9.17, 15) is 13.2 Å². The molecule has 0 aliphatic carbocycles. The summed E-state index contributed by atoms with van der Waals surface area (Å²) < 4.78 is 28.7. The van der Waals surface area contributed by atoms with Crippen molar-refractivity contribution in [3.05, 3.63) is 0 Å². The third-order valence-electron chi connectivity index (χ3n) is 1.18. The largest absolute Gasteiger partial charge is 0.338 e. The van der Waals surface area contributed by atoms with Crippen LogP contribution in [0.15, 0.2) is 0 Å². The van der Waals surface area contributed by atoms with Crippen LogP contribution in [-0.2, 0) is 10.1 Å². The first-order valence-corrected chi connectivity index (χ1v) is 5.53. The summed E-state index contributed by atoms with van der Waals surface area (Å²) in [6, 6.07) is -0.425. The maximum Gasteiger partial charge on any atom is 0.314 e. The molecule has 0 rings (SSSR count). The standard InChI is InChI=1S/C6H14N2O4S/c1-2-3-7-6(9)8-4-5-13(10,11)12/h2-5H2,1H3,(H2,7,8,9)(H,10,11,12). The second-order valence-electron chi connectivity index (χ2n) is 2.47. The van der Waals surface area contributed by atoms with Crippen molar-refractivity contribution in [1.82, 2.24) is 10.6 Å². The first-order valence-electron chi connectivity index (χ1n) is 3.92. The van der Waals surface area contributed by atoms with E-state index in [0.717, 1.165) is 6.42 Å². The zero-order valence-electron chi connectivity index (χ0n) is 7.41. The molecule has 0 aromatic heterocycles. The summed E-state index contributed by atoms with van der Waals surface area (Å²) in [5, 5.41) is 4.78.